The van der Waals surface area contributed by atoms with E-state index < -0.39 is 0 Å². The Bertz CT molecular complexity index is 465. The number of anilines is 1. The van der Waals surface area contributed by atoms with Crippen LogP contribution in [0.25, 0.3) is 0 Å². The van der Waals surface area contributed by atoms with Crippen LogP contribution in [0.4, 0.5) is 5.69 Å². The third-order valence-electron chi connectivity index (χ3n) is 3.36. The topological polar surface area (TPSA) is 68.8 Å². The Morgan fingerprint density at radius 3 is 2.24 bits per heavy atom. The second-order valence-corrected chi connectivity index (χ2v) is 4.59. The van der Waals surface area contributed by atoms with Gasteiger partial charge in [0.05, 0.1) is 27.2 Å². The van der Waals surface area contributed by atoms with Crippen molar-refractivity contribution in [3.05, 3.63) is 12.1 Å². The molecule has 0 aromatic heterocycles. The van der Waals surface area contributed by atoms with Gasteiger partial charge in [0.15, 0.2) is 11.5 Å². The summed E-state index contributed by atoms with van der Waals surface area (Å²) < 4.78 is 15.8. The highest BCUT2D eigenvalue weighted by Crippen LogP contribution is 2.40. The second kappa shape index (κ2) is 7.95. The molecule has 2 rings (SSSR count). The lowest BCUT2D eigenvalue weighted by Gasteiger charge is -2.15. The molecular formula is C14H21ClN2O4. The van der Waals surface area contributed by atoms with Crippen molar-refractivity contribution in [3.8, 4) is 17.2 Å². The number of methoxy groups -OCH3 is 3. The van der Waals surface area contributed by atoms with Gasteiger partial charge in [-0.3, -0.25) is 4.79 Å². The summed E-state index contributed by atoms with van der Waals surface area (Å²) in [6.07, 6.45) is 0.857. The third-order valence-corrected chi connectivity index (χ3v) is 3.36. The van der Waals surface area contributed by atoms with Crippen LogP contribution in [-0.4, -0.2) is 40.3 Å². The summed E-state index contributed by atoms with van der Waals surface area (Å²) in [5, 5.41) is 6.06. The molecule has 21 heavy (non-hydrogen) atoms. The molecule has 1 atom stereocenters. The van der Waals surface area contributed by atoms with Crippen LogP contribution in [0.3, 0.4) is 0 Å². The molecule has 1 saturated heterocycles. The Morgan fingerprint density at radius 2 is 1.81 bits per heavy atom. The minimum absolute atomic E-state index is 0. The smallest absolute Gasteiger partial charge is 0.228 e. The van der Waals surface area contributed by atoms with E-state index in [0.717, 1.165) is 19.5 Å². The quantitative estimate of drug-likeness (QED) is 0.865. The number of hydrogen-bond acceptors (Lipinski definition) is 5. The fourth-order valence-corrected chi connectivity index (χ4v) is 2.28. The van der Waals surface area contributed by atoms with Gasteiger partial charge in [-0.2, -0.15) is 0 Å². The van der Waals surface area contributed by atoms with Crippen LogP contribution in [0, 0.1) is 5.92 Å². The molecule has 1 aliphatic heterocycles. The molecule has 0 bridgehead atoms. The van der Waals surface area contributed by atoms with Gasteiger partial charge < -0.3 is 24.8 Å². The summed E-state index contributed by atoms with van der Waals surface area (Å²) in [5.74, 6) is 1.56. The number of benzene rings is 1. The van der Waals surface area contributed by atoms with E-state index in [0.29, 0.717) is 22.9 Å². The molecule has 7 heteroatoms. The van der Waals surface area contributed by atoms with E-state index in [1.54, 1.807) is 33.5 Å². The van der Waals surface area contributed by atoms with Crippen LogP contribution in [-0.2, 0) is 4.79 Å². The van der Waals surface area contributed by atoms with E-state index in [-0.39, 0.29) is 24.2 Å². The van der Waals surface area contributed by atoms with Crippen molar-refractivity contribution >= 4 is 24.0 Å². The van der Waals surface area contributed by atoms with Crippen LogP contribution in [0.2, 0.25) is 0 Å². The van der Waals surface area contributed by atoms with Crippen LogP contribution in [0.5, 0.6) is 17.2 Å². The van der Waals surface area contributed by atoms with Gasteiger partial charge in [0.2, 0.25) is 11.7 Å². The Kier molecular flexibility index (Phi) is 6.58. The Labute approximate surface area is 130 Å². The molecule has 118 valence electrons. The normalized spacial score (nSPS) is 16.8. The highest BCUT2D eigenvalue weighted by Gasteiger charge is 2.23. The lowest BCUT2D eigenvalue weighted by atomic mass is 10.1. The number of amides is 1. The first-order valence-electron chi connectivity index (χ1n) is 6.51. The number of carbonyl (C=O) groups excluding carboxylic acids is 1. The van der Waals surface area contributed by atoms with Gasteiger partial charge in [0.25, 0.3) is 0 Å². The van der Waals surface area contributed by atoms with Crippen molar-refractivity contribution in [1.29, 1.82) is 0 Å². The first kappa shape index (κ1) is 17.4. The van der Waals surface area contributed by atoms with E-state index in [2.05, 4.69) is 10.6 Å². The minimum atomic E-state index is 0. The zero-order valence-electron chi connectivity index (χ0n) is 12.4. The molecular weight excluding hydrogens is 296 g/mol. The minimum Gasteiger partial charge on any atom is -0.493 e. The first-order valence-corrected chi connectivity index (χ1v) is 6.51. The van der Waals surface area contributed by atoms with Gasteiger partial charge in [0, 0.05) is 24.4 Å². The fraction of sp³-hybridized carbons (Fsp3) is 0.500. The maximum Gasteiger partial charge on any atom is 0.228 e. The van der Waals surface area contributed by atoms with Gasteiger partial charge in [0.1, 0.15) is 0 Å². The zero-order valence-corrected chi connectivity index (χ0v) is 13.2. The van der Waals surface area contributed by atoms with E-state index in [9.17, 15) is 4.79 Å². The molecule has 0 aliphatic carbocycles. The van der Waals surface area contributed by atoms with E-state index in [1.807, 2.05) is 0 Å². The summed E-state index contributed by atoms with van der Waals surface area (Å²) in [5.41, 5.74) is 0.636. The molecule has 2 N–H and O–H groups in total. The molecule has 1 aliphatic rings. The first-order chi connectivity index (χ1) is 9.69. The lowest BCUT2D eigenvalue weighted by molar-refractivity contribution is -0.119. The predicted octanol–water partition coefficient (Wildman–Crippen LogP) is 1.68. The van der Waals surface area contributed by atoms with Crippen molar-refractivity contribution < 1.29 is 19.0 Å². The van der Waals surface area contributed by atoms with Crippen LogP contribution in [0.1, 0.15) is 6.42 Å². The largest absolute Gasteiger partial charge is 0.493 e. The SMILES string of the molecule is COc1cc(NC(=O)C2CCNC2)cc(OC)c1OC.Cl. The molecule has 1 fully saturated rings. The fourth-order valence-electron chi connectivity index (χ4n) is 2.28. The van der Waals surface area contributed by atoms with Gasteiger partial charge >= 0.3 is 0 Å². The van der Waals surface area contributed by atoms with E-state index >= 15 is 0 Å². The maximum atomic E-state index is 12.1. The Balaban J connectivity index is 0.00000220. The lowest BCUT2D eigenvalue weighted by Crippen LogP contribution is -2.24. The van der Waals surface area contributed by atoms with Crippen molar-refractivity contribution in [2.24, 2.45) is 5.92 Å². The summed E-state index contributed by atoms with van der Waals surface area (Å²) in [7, 11) is 4.64. The molecule has 0 spiro atoms. The number of carbonyl (C=O) groups is 1. The average molecular weight is 317 g/mol. The van der Waals surface area contributed by atoms with Gasteiger partial charge in [-0.1, -0.05) is 0 Å². The molecule has 0 radical (unpaired) electrons. The zero-order chi connectivity index (χ0) is 14.5. The number of nitrogens with one attached hydrogen (secondary N) is 2. The van der Waals surface area contributed by atoms with Crippen molar-refractivity contribution in [2.75, 3.05) is 39.7 Å². The van der Waals surface area contributed by atoms with E-state index in [1.165, 1.54) is 0 Å². The predicted molar refractivity (Wildman–Crippen MR) is 83.0 cm³/mol. The van der Waals surface area contributed by atoms with Crippen molar-refractivity contribution in [1.82, 2.24) is 5.32 Å². The van der Waals surface area contributed by atoms with Crippen LogP contribution >= 0.6 is 12.4 Å². The Morgan fingerprint density at radius 1 is 1.19 bits per heavy atom. The summed E-state index contributed by atoms with van der Waals surface area (Å²) >= 11 is 0. The van der Waals surface area contributed by atoms with Crippen LogP contribution in [0.15, 0.2) is 12.1 Å². The molecule has 1 unspecified atom stereocenters. The highest BCUT2D eigenvalue weighted by molar-refractivity contribution is 5.93. The number of rotatable bonds is 5. The molecule has 6 nitrogen and oxygen atoms in total. The summed E-state index contributed by atoms with van der Waals surface area (Å²) in [6.45, 7) is 1.60. The van der Waals surface area contributed by atoms with Gasteiger partial charge in [-0.05, 0) is 13.0 Å². The van der Waals surface area contributed by atoms with Gasteiger partial charge in [-0.25, -0.2) is 0 Å². The van der Waals surface area contributed by atoms with Crippen molar-refractivity contribution in [2.45, 2.75) is 6.42 Å². The number of halogens is 1. The number of ether oxygens (including phenoxy) is 3. The molecule has 0 saturated carbocycles. The van der Waals surface area contributed by atoms with Gasteiger partial charge in [-0.15, -0.1) is 12.4 Å². The molecule has 1 amide bonds. The Hall–Kier alpha value is -1.66. The maximum absolute atomic E-state index is 12.1. The molecule has 1 aromatic rings. The summed E-state index contributed by atoms with van der Waals surface area (Å²) in [6, 6.07) is 3.45. The highest BCUT2D eigenvalue weighted by atomic mass is 35.5. The standard InChI is InChI=1S/C14H20N2O4.ClH/c1-18-11-6-10(7-12(19-2)13(11)20-3)16-14(17)9-4-5-15-8-9;/h6-7,9,15H,4-5,8H2,1-3H3,(H,16,17);1H. The third kappa shape index (κ3) is 3.92. The number of hydrogen-bond donors (Lipinski definition) is 2. The monoisotopic (exact) mass is 316 g/mol. The van der Waals surface area contributed by atoms with E-state index in [4.69, 9.17) is 14.2 Å². The van der Waals surface area contributed by atoms with Crippen LogP contribution < -0.4 is 24.8 Å². The molecule has 1 heterocycles. The summed E-state index contributed by atoms with van der Waals surface area (Å²) in [4.78, 5) is 12.1. The second-order valence-electron chi connectivity index (χ2n) is 4.59. The average Bonchev–Trinajstić information content (AvgIpc) is 3.00. The molecule has 1 aromatic carbocycles. The van der Waals surface area contributed by atoms with Crippen molar-refractivity contribution in [3.63, 3.8) is 0 Å².